The molecule has 0 saturated carbocycles. The van der Waals surface area contributed by atoms with Crippen molar-refractivity contribution in [2.24, 2.45) is 0 Å². The predicted octanol–water partition coefficient (Wildman–Crippen LogP) is 3.32. The Kier molecular flexibility index (Phi) is 9.32. The summed E-state index contributed by atoms with van der Waals surface area (Å²) in [5, 5.41) is 39.2. The molecule has 3 aromatic rings. The molecule has 6 atom stereocenters. The molecule has 7 heteroatoms. The highest BCUT2D eigenvalue weighted by molar-refractivity contribution is 5.73. The van der Waals surface area contributed by atoms with Crippen LogP contribution in [0.15, 0.2) is 104 Å². The van der Waals surface area contributed by atoms with Crippen LogP contribution >= 0.6 is 0 Å². The largest absolute Gasteiger partial charge is 0.390 e. The molecule has 7 nitrogen and oxygen atoms in total. The van der Waals surface area contributed by atoms with Gasteiger partial charge < -0.3 is 30.1 Å². The molecule has 1 aliphatic heterocycles. The van der Waals surface area contributed by atoms with Crippen molar-refractivity contribution in [1.29, 1.82) is 0 Å². The highest BCUT2D eigenvalue weighted by Crippen LogP contribution is 2.45. The molecule has 0 spiro atoms. The standard InChI is InChI=1S/C32H37NO6/c1-3-19-31(36)28(33-23(2)34)30(38-22-26-17-11-6-12-18-26)39-29(27(35)20-24-13-7-4-8-14-24)32(31,37)21-25-15-9-5-10-16-25/h3-18,27-30,35-37H,1,19-22H2,2H3,(H,33,34)/t27?,28-,29-,30+,31-,32-/m1/s1. The van der Waals surface area contributed by atoms with E-state index in [9.17, 15) is 20.1 Å². The number of rotatable bonds is 11. The van der Waals surface area contributed by atoms with E-state index in [0.29, 0.717) is 0 Å². The smallest absolute Gasteiger partial charge is 0.217 e. The molecule has 39 heavy (non-hydrogen) atoms. The minimum atomic E-state index is -2.03. The first-order valence-corrected chi connectivity index (χ1v) is 13.2. The summed E-state index contributed by atoms with van der Waals surface area (Å²) in [4.78, 5) is 12.4. The Labute approximate surface area is 229 Å². The molecule has 1 fully saturated rings. The molecule has 0 aromatic heterocycles. The lowest BCUT2D eigenvalue weighted by atomic mass is 9.65. The summed E-state index contributed by atoms with van der Waals surface area (Å²) in [7, 11) is 0. The SMILES string of the molecule is C=CC[C@@]1(O)[C@H](NC(C)=O)[C@@H](OCc2ccccc2)O[C@H](C(O)Cc2ccccc2)[C@]1(O)Cc1ccccc1. The van der Waals surface area contributed by atoms with Crippen molar-refractivity contribution < 1.29 is 29.6 Å². The average Bonchev–Trinajstić information content (AvgIpc) is 2.93. The van der Waals surface area contributed by atoms with Gasteiger partial charge in [-0.1, -0.05) is 97.1 Å². The van der Waals surface area contributed by atoms with Gasteiger partial charge in [-0.05, 0) is 23.1 Å². The number of aliphatic hydroxyl groups is 3. The number of nitrogens with one attached hydrogen (secondary N) is 1. The lowest BCUT2D eigenvalue weighted by Gasteiger charge is -2.58. The van der Waals surface area contributed by atoms with Crippen LogP contribution in [0.1, 0.15) is 30.0 Å². The van der Waals surface area contributed by atoms with Crippen LogP contribution in [0.3, 0.4) is 0 Å². The third kappa shape index (κ3) is 6.46. The summed E-state index contributed by atoms with van der Waals surface area (Å²) >= 11 is 0. The monoisotopic (exact) mass is 531 g/mol. The number of hydrogen-bond donors (Lipinski definition) is 4. The van der Waals surface area contributed by atoms with E-state index in [4.69, 9.17) is 9.47 Å². The zero-order valence-corrected chi connectivity index (χ0v) is 22.1. The molecule has 1 unspecified atom stereocenters. The first-order valence-electron chi connectivity index (χ1n) is 13.2. The number of aliphatic hydroxyl groups excluding tert-OH is 1. The van der Waals surface area contributed by atoms with E-state index >= 15 is 0 Å². The summed E-state index contributed by atoms with van der Waals surface area (Å²) in [5.41, 5.74) is -1.60. The summed E-state index contributed by atoms with van der Waals surface area (Å²) < 4.78 is 12.5. The molecule has 1 saturated heterocycles. The van der Waals surface area contributed by atoms with Crippen molar-refractivity contribution in [2.45, 2.75) is 68.5 Å². The fraction of sp³-hybridized carbons (Fsp3) is 0.344. The van der Waals surface area contributed by atoms with Gasteiger partial charge >= 0.3 is 0 Å². The minimum absolute atomic E-state index is 0.0455. The predicted molar refractivity (Wildman–Crippen MR) is 149 cm³/mol. The van der Waals surface area contributed by atoms with Crippen LogP contribution in [0.2, 0.25) is 0 Å². The van der Waals surface area contributed by atoms with Gasteiger partial charge in [0.1, 0.15) is 23.3 Å². The van der Waals surface area contributed by atoms with E-state index in [1.54, 1.807) is 0 Å². The quantitative estimate of drug-likeness (QED) is 0.283. The first-order chi connectivity index (χ1) is 18.8. The van der Waals surface area contributed by atoms with Gasteiger partial charge in [-0.25, -0.2) is 0 Å². The second-order valence-electron chi connectivity index (χ2n) is 10.2. The van der Waals surface area contributed by atoms with Crippen molar-refractivity contribution in [2.75, 3.05) is 0 Å². The number of ether oxygens (including phenoxy) is 2. The molecule has 4 N–H and O–H groups in total. The highest BCUT2D eigenvalue weighted by atomic mass is 16.7. The van der Waals surface area contributed by atoms with E-state index in [-0.39, 0.29) is 25.9 Å². The molecule has 206 valence electrons. The Morgan fingerprint density at radius 3 is 2.03 bits per heavy atom. The van der Waals surface area contributed by atoms with Crippen LogP contribution in [0.5, 0.6) is 0 Å². The molecule has 0 aliphatic carbocycles. The van der Waals surface area contributed by atoms with E-state index in [1.807, 2.05) is 91.0 Å². The summed E-state index contributed by atoms with van der Waals surface area (Å²) in [6.07, 6.45) is -2.13. The van der Waals surface area contributed by atoms with E-state index in [2.05, 4.69) is 11.9 Å². The number of carbonyl (C=O) groups excluding carboxylic acids is 1. The molecule has 1 amide bonds. The van der Waals surface area contributed by atoms with Gasteiger partial charge in [0.15, 0.2) is 6.29 Å². The molecule has 1 aliphatic rings. The van der Waals surface area contributed by atoms with Crippen LogP contribution in [-0.4, -0.2) is 57.0 Å². The second kappa shape index (κ2) is 12.7. The zero-order chi connectivity index (χ0) is 27.9. The van der Waals surface area contributed by atoms with Crippen LogP contribution in [0.4, 0.5) is 0 Å². The van der Waals surface area contributed by atoms with Crippen molar-refractivity contribution >= 4 is 5.91 Å². The van der Waals surface area contributed by atoms with Crippen molar-refractivity contribution in [1.82, 2.24) is 5.32 Å². The van der Waals surface area contributed by atoms with Gasteiger partial charge in [0.05, 0.1) is 12.7 Å². The number of hydrogen-bond acceptors (Lipinski definition) is 6. The molecular formula is C32H37NO6. The van der Waals surface area contributed by atoms with Crippen molar-refractivity contribution in [3.63, 3.8) is 0 Å². The fourth-order valence-electron chi connectivity index (χ4n) is 5.43. The van der Waals surface area contributed by atoms with Gasteiger partial charge in [-0.15, -0.1) is 6.58 Å². The second-order valence-corrected chi connectivity index (χ2v) is 10.2. The first kappa shape index (κ1) is 28.7. The summed E-state index contributed by atoms with van der Waals surface area (Å²) in [6, 6.07) is 26.8. The Balaban J connectivity index is 1.78. The molecule has 1 heterocycles. The van der Waals surface area contributed by atoms with Crippen molar-refractivity contribution in [3.8, 4) is 0 Å². The summed E-state index contributed by atoms with van der Waals surface area (Å²) in [6.45, 7) is 5.27. The molecule has 4 rings (SSSR count). The number of benzene rings is 3. The average molecular weight is 532 g/mol. The maximum Gasteiger partial charge on any atom is 0.217 e. The maximum atomic E-state index is 12.5. The Hall–Kier alpha value is -3.33. The topological polar surface area (TPSA) is 108 Å². The third-order valence-electron chi connectivity index (χ3n) is 7.31. The lowest BCUT2D eigenvalue weighted by Crippen LogP contribution is -2.79. The molecule has 0 radical (unpaired) electrons. The highest BCUT2D eigenvalue weighted by Gasteiger charge is 2.66. The van der Waals surface area contributed by atoms with Gasteiger partial charge in [-0.2, -0.15) is 0 Å². The summed E-state index contributed by atoms with van der Waals surface area (Å²) in [5.74, 6) is -0.426. The Morgan fingerprint density at radius 1 is 0.949 bits per heavy atom. The number of carbonyl (C=O) groups is 1. The zero-order valence-electron chi connectivity index (χ0n) is 22.1. The third-order valence-corrected chi connectivity index (χ3v) is 7.31. The fourth-order valence-corrected chi connectivity index (χ4v) is 5.43. The van der Waals surface area contributed by atoms with E-state index in [0.717, 1.165) is 16.7 Å². The number of amides is 1. The van der Waals surface area contributed by atoms with Crippen LogP contribution < -0.4 is 5.32 Å². The van der Waals surface area contributed by atoms with Gasteiger partial charge in [-0.3, -0.25) is 4.79 Å². The molecule has 3 aromatic carbocycles. The maximum absolute atomic E-state index is 12.5. The Bertz CT molecular complexity index is 1210. The van der Waals surface area contributed by atoms with Gasteiger partial charge in [0.2, 0.25) is 5.91 Å². The van der Waals surface area contributed by atoms with Gasteiger partial charge in [0, 0.05) is 19.8 Å². The van der Waals surface area contributed by atoms with E-state index in [1.165, 1.54) is 13.0 Å². The Morgan fingerprint density at radius 2 is 1.49 bits per heavy atom. The van der Waals surface area contributed by atoms with Gasteiger partial charge in [0.25, 0.3) is 0 Å². The van der Waals surface area contributed by atoms with Crippen LogP contribution in [-0.2, 0) is 33.7 Å². The normalized spacial score (nSPS) is 27.4. The molecule has 0 bridgehead atoms. The minimum Gasteiger partial charge on any atom is -0.390 e. The van der Waals surface area contributed by atoms with Crippen LogP contribution in [0, 0.1) is 0 Å². The van der Waals surface area contributed by atoms with E-state index < -0.39 is 41.6 Å². The molecular weight excluding hydrogens is 494 g/mol. The van der Waals surface area contributed by atoms with Crippen molar-refractivity contribution in [3.05, 3.63) is 120 Å². The lowest BCUT2D eigenvalue weighted by molar-refractivity contribution is -0.347. The van der Waals surface area contributed by atoms with Crippen LogP contribution in [0.25, 0.3) is 0 Å².